The van der Waals surface area contributed by atoms with Crippen molar-refractivity contribution in [1.82, 2.24) is 4.90 Å². The standard InChI is InChI=1S/C16H30N2O2/c1-15(2,3)20-14(19)18-9-6-16(7-10-18)11-13(12-16)5-4-8-17/h13H,4-12,17H2,1-3H3. The van der Waals surface area contributed by atoms with Crippen LogP contribution >= 0.6 is 0 Å². The molecule has 20 heavy (non-hydrogen) atoms. The molecule has 0 aromatic heterocycles. The van der Waals surface area contributed by atoms with Gasteiger partial charge in [-0.25, -0.2) is 4.79 Å². The molecule has 2 fully saturated rings. The highest BCUT2D eigenvalue weighted by atomic mass is 16.6. The van der Waals surface area contributed by atoms with Crippen LogP contribution in [0.25, 0.3) is 0 Å². The minimum Gasteiger partial charge on any atom is -0.444 e. The van der Waals surface area contributed by atoms with Crippen LogP contribution in [0.4, 0.5) is 4.79 Å². The van der Waals surface area contributed by atoms with Crippen LogP contribution in [0.15, 0.2) is 0 Å². The van der Waals surface area contributed by atoms with Gasteiger partial charge in [0.2, 0.25) is 0 Å². The van der Waals surface area contributed by atoms with E-state index in [-0.39, 0.29) is 6.09 Å². The average molecular weight is 282 g/mol. The molecule has 0 aromatic carbocycles. The second-order valence-electron chi connectivity index (χ2n) is 7.67. The number of carbonyl (C=O) groups excluding carboxylic acids is 1. The molecular formula is C16H30N2O2. The normalized spacial score (nSPS) is 22.7. The predicted molar refractivity (Wildman–Crippen MR) is 80.5 cm³/mol. The van der Waals surface area contributed by atoms with Gasteiger partial charge < -0.3 is 15.4 Å². The molecule has 0 radical (unpaired) electrons. The van der Waals surface area contributed by atoms with Crippen LogP contribution in [0.1, 0.15) is 59.3 Å². The SMILES string of the molecule is CC(C)(C)OC(=O)N1CCC2(CC1)CC(CCCN)C2. The molecule has 2 N–H and O–H groups in total. The topological polar surface area (TPSA) is 55.6 Å². The molecule has 1 spiro atoms. The molecule has 0 bridgehead atoms. The second-order valence-corrected chi connectivity index (χ2v) is 7.67. The van der Waals surface area contributed by atoms with Gasteiger partial charge in [-0.2, -0.15) is 0 Å². The molecule has 0 unspecified atom stereocenters. The fourth-order valence-corrected chi connectivity index (χ4v) is 3.67. The molecule has 4 heteroatoms. The number of likely N-dealkylation sites (tertiary alicyclic amines) is 1. The van der Waals surface area contributed by atoms with Crippen LogP contribution in [0, 0.1) is 11.3 Å². The largest absolute Gasteiger partial charge is 0.444 e. The summed E-state index contributed by atoms with van der Waals surface area (Å²) in [6, 6.07) is 0. The van der Waals surface area contributed by atoms with Gasteiger partial charge in [0.1, 0.15) is 5.60 Å². The number of ether oxygens (including phenoxy) is 1. The molecule has 116 valence electrons. The van der Waals surface area contributed by atoms with E-state index in [0.29, 0.717) is 5.41 Å². The lowest BCUT2D eigenvalue weighted by Gasteiger charge is -2.52. The Morgan fingerprint density at radius 2 is 1.90 bits per heavy atom. The first kappa shape index (κ1) is 15.6. The van der Waals surface area contributed by atoms with Crippen molar-refractivity contribution in [3.8, 4) is 0 Å². The zero-order valence-corrected chi connectivity index (χ0v) is 13.3. The van der Waals surface area contributed by atoms with Crippen molar-refractivity contribution in [1.29, 1.82) is 0 Å². The van der Waals surface area contributed by atoms with Crippen molar-refractivity contribution in [3.05, 3.63) is 0 Å². The third-order valence-corrected chi connectivity index (χ3v) is 4.74. The van der Waals surface area contributed by atoms with Gasteiger partial charge in [0.15, 0.2) is 0 Å². The summed E-state index contributed by atoms with van der Waals surface area (Å²) in [6.07, 6.45) is 7.27. The lowest BCUT2D eigenvalue weighted by molar-refractivity contribution is -0.0293. The van der Waals surface area contributed by atoms with Crippen molar-refractivity contribution in [2.24, 2.45) is 17.1 Å². The molecule has 1 aliphatic heterocycles. The number of amides is 1. The Hall–Kier alpha value is -0.770. The first-order valence-corrected chi connectivity index (χ1v) is 8.02. The van der Waals surface area contributed by atoms with Crippen molar-refractivity contribution in [2.45, 2.75) is 64.9 Å². The molecule has 2 rings (SSSR count). The van der Waals surface area contributed by atoms with Crippen molar-refractivity contribution in [3.63, 3.8) is 0 Å². The van der Waals surface area contributed by atoms with Gasteiger partial charge in [-0.15, -0.1) is 0 Å². The van der Waals surface area contributed by atoms with E-state index < -0.39 is 5.60 Å². The van der Waals surface area contributed by atoms with Gasteiger partial charge in [-0.05, 0) is 77.2 Å². The van der Waals surface area contributed by atoms with Gasteiger partial charge in [0, 0.05) is 13.1 Å². The Morgan fingerprint density at radius 3 is 2.40 bits per heavy atom. The monoisotopic (exact) mass is 282 g/mol. The molecule has 2 aliphatic rings. The Bertz CT molecular complexity index is 333. The molecular weight excluding hydrogens is 252 g/mol. The Balaban J connectivity index is 1.72. The third kappa shape index (κ3) is 3.87. The summed E-state index contributed by atoms with van der Waals surface area (Å²) in [4.78, 5) is 13.9. The summed E-state index contributed by atoms with van der Waals surface area (Å²) < 4.78 is 5.44. The Kier molecular flexibility index (Phi) is 4.62. The van der Waals surface area contributed by atoms with Gasteiger partial charge in [0.25, 0.3) is 0 Å². The van der Waals surface area contributed by atoms with E-state index in [1.54, 1.807) is 0 Å². The van der Waals surface area contributed by atoms with Crippen LogP contribution in [0.3, 0.4) is 0 Å². The van der Waals surface area contributed by atoms with Gasteiger partial charge in [-0.3, -0.25) is 0 Å². The maximum Gasteiger partial charge on any atom is 0.410 e. The number of nitrogens with two attached hydrogens (primary N) is 1. The fourth-order valence-electron chi connectivity index (χ4n) is 3.67. The molecule has 1 saturated heterocycles. The van der Waals surface area contributed by atoms with E-state index in [4.69, 9.17) is 10.5 Å². The molecule has 0 aromatic rings. The lowest BCUT2D eigenvalue weighted by atomic mass is 9.56. The molecule has 0 atom stereocenters. The van der Waals surface area contributed by atoms with Crippen molar-refractivity contribution in [2.75, 3.05) is 19.6 Å². The average Bonchev–Trinajstić information content (AvgIpc) is 2.32. The molecule has 1 saturated carbocycles. The maximum atomic E-state index is 12.0. The van der Waals surface area contributed by atoms with E-state index in [1.165, 1.54) is 19.3 Å². The molecule has 1 amide bonds. The number of carbonyl (C=O) groups is 1. The van der Waals surface area contributed by atoms with Crippen LogP contribution in [0.2, 0.25) is 0 Å². The smallest absolute Gasteiger partial charge is 0.410 e. The number of hydrogen-bond donors (Lipinski definition) is 1. The van der Waals surface area contributed by atoms with Gasteiger partial charge in [0.05, 0.1) is 0 Å². The van der Waals surface area contributed by atoms with Crippen LogP contribution in [-0.4, -0.2) is 36.2 Å². The van der Waals surface area contributed by atoms with E-state index in [9.17, 15) is 4.79 Å². The van der Waals surface area contributed by atoms with Gasteiger partial charge in [-0.1, -0.05) is 0 Å². The van der Waals surface area contributed by atoms with E-state index in [1.807, 2.05) is 25.7 Å². The molecule has 4 nitrogen and oxygen atoms in total. The Labute approximate surface area is 123 Å². The second kappa shape index (κ2) is 5.92. The summed E-state index contributed by atoms with van der Waals surface area (Å²) in [5.74, 6) is 0.881. The summed E-state index contributed by atoms with van der Waals surface area (Å²) >= 11 is 0. The minimum atomic E-state index is -0.393. The summed E-state index contributed by atoms with van der Waals surface area (Å²) in [5.41, 5.74) is 5.70. The highest BCUT2D eigenvalue weighted by molar-refractivity contribution is 5.68. The van der Waals surface area contributed by atoms with Crippen LogP contribution in [-0.2, 0) is 4.74 Å². The van der Waals surface area contributed by atoms with Crippen LogP contribution in [0.5, 0.6) is 0 Å². The fraction of sp³-hybridized carbons (Fsp3) is 0.938. The summed E-state index contributed by atoms with van der Waals surface area (Å²) in [7, 11) is 0. The number of piperidine rings is 1. The lowest BCUT2D eigenvalue weighted by Crippen LogP contribution is -2.49. The zero-order chi connectivity index (χ0) is 14.8. The van der Waals surface area contributed by atoms with Crippen LogP contribution < -0.4 is 5.73 Å². The highest BCUT2D eigenvalue weighted by Gasteiger charge is 2.46. The first-order valence-electron chi connectivity index (χ1n) is 8.02. The summed E-state index contributed by atoms with van der Waals surface area (Å²) in [6.45, 7) is 8.30. The third-order valence-electron chi connectivity index (χ3n) is 4.74. The number of hydrogen-bond acceptors (Lipinski definition) is 3. The van der Waals surface area contributed by atoms with E-state index >= 15 is 0 Å². The van der Waals surface area contributed by atoms with E-state index in [0.717, 1.165) is 44.8 Å². The quantitative estimate of drug-likeness (QED) is 0.865. The molecule has 1 heterocycles. The van der Waals surface area contributed by atoms with Crippen molar-refractivity contribution >= 4 is 6.09 Å². The van der Waals surface area contributed by atoms with E-state index in [2.05, 4.69) is 0 Å². The highest BCUT2D eigenvalue weighted by Crippen LogP contribution is 2.53. The first-order chi connectivity index (χ1) is 9.34. The predicted octanol–water partition coefficient (Wildman–Crippen LogP) is 3.15. The summed E-state index contributed by atoms with van der Waals surface area (Å²) in [5, 5.41) is 0. The maximum absolute atomic E-state index is 12.0. The number of nitrogens with zero attached hydrogens (tertiary/aromatic N) is 1. The number of rotatable bonds is 3. The molecule has 1 aliphatic carbocycles. The minimum absolute atomic E-state index is 0.147. The van der Waals surface area contributed by atoms with Gasteiger partial charge >= 0.3 is 6.09 Å². The van der Waals surface area contributed by atoms with Crippen molar-refractivity contribution < 1.29 is 9.53 Å². The Morgan fingerprint density at radius 1 is 1.30 bits per heavy atom. The zero-order valence-electron chi connectivity index (χ0n) is 13.3.